The molecule has 1 aliphatic rings. The smallest absolute Gasteiger partial charge is 0.248 e. The molecule has 1 saturated carbocycles. The molecule has 1 aliphatic carbocycles. The first-order valence-electron chi connectivity index (χ1n) is 7.09. The Morgan fingerprint density at radius 3 is 2.95 bits per heavy atom. The highest BCUT2D eigenvalue weighted by Gasteiger charge is 2.24. The Balaban J connectivity index is 1.60. The molecule has 1 fully saturated rings. The van der Waals surface area contributed by atoms with Crippen LogP contribution in [-0.2, 0) is 11.3 Å². The van der Waals surface area contributed by atoms with Crippen molar-refractivity contribution in [2.75, 3.05) is 7.11 Å². The number of nitrogens with zero attached hydrogens (tertiary/aromatic N) is 2. The molecule has 1 aromatic carbocycles. The van der Waals surface area contributed by atoms with Gasteiger partial charge in [0.2, 0.25) is 11.8 Å². The summed E-state index contributed by atoms with van der Waals surface area (Å²) in [6, 6.07) is 8.29. The second-order valence-corrected chi connectivity index (χ2v) is 6.08. The Bertz CT molecular complexity index is 602. The molecule has 3 rings (SSSR count). The standard InChI is InChI=1S/C15H18BrN3O2/c1-20-11-7-6-10(8-11)17-9-14-18-19-15(21-14)12-4-2-3-5-13(12)16/h2-5,10-11,17H,6-9H2,1H3. The molecule has 0 aliphatic heterocycles. The van der Waals surface area contributed by atoms with E-state index in [1.165, 1.54) is 0 Å². The van der Waals surface area contributed by atoms with E-state index in [0.29, 0.717) is 30.5 Å². The van der Waals surface area contributed by atoms with Crippen molar-refractivity contribution in [3.63, 3.8) is 0 Å². The van der Waals surface area contributed by atoms with Crippen LogP contribution in [0, 0.1) is 0 Å². The molecule has 112 valence electrons. The Kier molecular flexibility index (Phi) is 4.67. The van der Waals surface area contributed by atoms with Crippen molar-refractivity contribution in [1.82, 2.24) is 15.5 Å². The molecule has 2 aromatic rings. The largest absolute Gasteiger partial charge is 0.419 e. The number of hydrogen-bond donors (Lipinski definition) is 1. The first-order chi connectivity index (χ1) is 10.3. The average molecular weight is 352 g/mol. The molecule has 0 saturated heterocycles. The molecule has 1 aromatic heterocycles. The molecule has 0 amide bonds. The van der Waals surface area contributed by atoms with Crippen molar-refractivity contribution >= 4 is 15.9 Å². The van der Waals surface area contributed by atoms with Gasteiger partial charge in [-0.05, 0) is 47.3 Å². The van der Waals surface area contributed by atoms with Gasteiger partial charge in [0.25, 0.3) is 0 Å². The van der Waals surface area contributed by atoms with Gasteiger partial charge >= 0.3 is 0 Å². The normalized spacial score (nSPS) is 21.8. The number of nitrogens with one attached hydrogen (secondary N) is 1. The highest BCUT2D eigenvalue weighted by atomic mass is 79.9. The molecular formula is C15H18BrN3O2. The van der Waals surface area contributed by atoms with Gasteiger partial charge in [0.1, 0.15) is 0 Å². The minimum absolute atomic E-state index is 0.376. The van der Waals surface area contributed by atoms with Crippen LogP contribution < -0.4 is 5.32 Å². The summed E-state index contributed by atoms with van der Waals surface area (Å²) >= 11 is 3.49. The molecular weight excluding hydrogens is 334 g/mol. The van der Waals surface area contributed by atoms with E-state index in [1.54, 1.807) is 7.11 Å². The molecule has 2 atom stereocenters. The fraction of sp³-hybridized carbons (Fsp3) is 0.467. The van der Waals surface area contributed by atoms with E-state index < -0.39 is 0 Å². The van der Waals surface area contributed by atoms with Gasteiger partial charge in [0, 0.05) is 17.6 Å². The van der Waals surface area contributed by atoms with Gasteiger partial charge in [-0.15, -0.1) is 10.2 Å². The maximum atomic E-state index is 5.72. The molecule has 0 radical (unpaired) electrons. The van der Waals surface area contributed by atoms with E-state index in [-0.39, 0.29) is 0 Å². The van der Waals surface area contributed by atoms with Crippen LogP contribution in [0.3, 0.4) is 0 Å². The second kappa shape index (κ2) is 6.68. The minimum Gasteiger partial charge on any atom is -0.419 e. The van der Waals surface area contributed by atoms with Crippen molar-refractivity contribution < 1.29 is 9.15 Å². The predicted octanol–water partition coefficient (Wildman–Crippen LogP) is 3.16. The molecule has 0 spiro atoms. The number of methoxy groups -OCH3 is 1. The van der Waals surface area contributed by atoms with Crippen molar-refractivity contribution in [2.45, 2.75) is 38.0 Å². The van der Waals surface area contributed by atoms with Gasteiger partial charge in [0.15, 0.2) is 0 Å². The van der Waals surface area contributed by atoms with Gasteiger partial charge < -0.3 is 14.5 Å². The maximum absolute atomic E-state index is 5.72. The van der Waals surface area contributed by atoms with E-state index in [4.69, 9.17) is 9.15 Å². The summed E-state index contributed by atoms with van der Waals surface area (Å²) in [5, 5.41) is 11.7. The lowest BCUT2D eigenvalue weighted by atomic mass is 10.2. The summed E-state index contributed by atoms with van der Waals surface area (Å²) in [5.74, 6) is 1.15. The van der Waals surface area contributed by atoms with E-state index in [1.807, 2.05) is 24.3 Å². The van der Waals surface area contributed by atoms with Crippen LogP contribution in [0.5, 0.6) is 0 Å². The summed E-state index contributed by atoms with van der Waals surface area (Å²) in [5.41, 5.74) is 0.913. The van der Waals surface area contributed by atoms with Crippen LogP contribution >= 0.6 is 15.9 Å². The molecule has 1 N–H and O–H groups in total. The van der Waals surface area contributed by atoms with Gasteiger partial charge in [0.05, 0.1) is 18.2 Å². The number of aromatic nitrogens is 2. The second-order valence-electron chi connectivity index (χ2n) is 5.23. The minimum atomic E-state index is 0.376. The van der Waals surface area contributed by atoms with E-state index in [2.05, 4.69) is 31.4 Å². The van der Waals surface area contributed by atoms with Gasteiger partial charge in [-0.3, -0.25) is 0 Å². The topological polar surface area (TPSA) is 60.2 Å². The molecule has 0 bridgehead atoms. The highest BCUT2D eigenvalue weighted by Crippen LogP contribution is 2.27. The lowest BCUT2D eigenvalue weighted by Crippen LogP contribution is -2.26. The Hall–Kier alpha value is -1.24. The number of halogens is 1. The predicted molar refractivity (Wildman–Crippen MR) is 82.7 cm³/mol. The number of rotatable bonds is 5. The Morgan fingerprint density at radius 1 is 1.33 bits per heavy atom. The average Bonchev–Trinajstić information content (AvgIpc) is 3.14. The molecule has 1 heterocycles. The van der Waals surface area contributed by atoms with Crippen LogP contribution in [0.2, 0.25) is 0 Å². The Labute approximate surface area is 132 Å². The lowest BCUT2D eigenvalue weighted by molar-refractivity contribution is 0.107. The molecule has 21 heavy (non-hydrogen) atoms. The van der Waals surface area contributed by atoms with E-state index in [0.717, 1.165) is 29.3 Å². The fourth-order valence-corrected chi connectivity index (χ4v) is 3.09. The quantitative estimate of drug-likeness (QED) is 0.896. The van der Waals surface area contributed by atoms with Crippen molar-refractivity contribution in [2.24, 2.45) is 0 Å². The Morgan fingerprint density at radius 2 is 2.19 bits per heavy atom. The SMILES string of the molecule is COC1CCC(NCc2nnc(-c3ccccc3Br)o2)C1. The summed E-state index contributed by atoms with van der Waals surface area (Å²) in [4.78, 5) is 0. The first kappa shape index (κ1) is 14.7. The van der Waals surface area contributed by atoms with Crippen LogP contribution in [0.4, 0.5) is 0 Å². The van der Waals surface area contributed by atoms with Crippen molar-refractivity contribution in [1.29, 1.82) is 0 Å². The summed E-state index contributed by atoms with van der Waals surface area (Å²) in [7, 11) is 1.77. The van der Waals surface area contributed by atoms with Crippen LogP contribution in [-0.4, -0.2) is 29.5 Å². The third kappa shape index (κ3) is 3.51. The summed E-state index contributed by atoms with van der Waals surface area (Å²) < 4.78 is 12.0. The number of benzene rings is 1. The third-order valence-electron chi connectivity index (χ3n) is 3.83. The maximum Gasteiger partial charge on any atom is 0.248 e. The first-order valence-corrected chi connectivity index (χ1v) is 7.89. The zero-order chi connectivity index (χ0) is 14.7. The van der Waals surface area contributed by atoms with Gasteiger partial charge in [-0.2, -0.15) is 0 Å². The van der Waals surface area contributed by atoms with E-state index in [9.17, 15) is 0 Å². The fourth-order valence-electron chi connectivity index (χ4n) is 2.64. The molecule has 2 unspecified atom stereocenters. The zero-order valence-electron chi connectivity index (χ0n) is 11.9. The zero-order valence-corrected chi connectivity index (χ0v) is 13.5. The van der Waals surface area contributed by atoms with Crippen LogP contribution in [0.1, 0.15) is 25.2 Å². The summed E-state index contributed by atoms with van der Waals surface area (Å²) in [6.07, 6.45) is 3.66. The molecule has 5 nitrogen and oxygen atoms in total. The number of hydrogen-bond acceptors (Lipinski definition) is 5. The third-order valence-corrected chi connectivity index (χ3v) is 4.52. The van der Waals surface area contributed by atoms with Crippen LogP contribution in [0.25, 0.3) is 11.5 Å². The van der Waals surface area contributed by atoms with E-state index >= 15 is 0 Å². The lowest BCUT2D eigenvalue weighted by Gasteiger charge is -2.10. The van der Waals surface area contributed by atoms with Gasteiger partial charge in [-0.25, -0.2) is 0 Å². The van der Waals surface area contributed by atoms with Crippen LogP contribution in [0.15, 0.2) is 33.2 Å². The summed E-state index contributed by atoms with van der Waals surface area (Å²) in [6.45, 7) is 0.596. The van der Waals surface area contributed by atoms with Crippen molar-refractivity contribution in [3.05, 3.63) is 34.6 Å². The molecule has 6 heteroatoms. The van der Waals surface area contributed by atoms with Crippen molar-refractivity contribution in [3.8, 4) is 11.5 Å². The number of ether oxygens (including phenoxy) is 1. The highest BCUT2D eigenvalue weighted by molar-refractivity contribution is 9.10. The monoisotopic (exact) mass is 351 g/mol. The van der Waals surface area contributed by atoms with Gasteiger partial charge in [-0.1, -0.05) is 12.1 Å².